The zero-order chi connectivity index (χ0) is 25.2. The Hall–Kier alpha value is -3.52. The number of H-pyrrole nitrogens is 1. The van der Waals surface area contributed by atoms with Gasteiger partial charge in [-0.3, -0.25) is 9.69 Å². The number of ether oxygens (including phenoxy) is 1. The van der Waals surface area contributed by atoms with E-state index in [9.17, 15) is 4.79 Å². The fourth-order valence-electron chi connectivity index (χ4n) is 4.21. The van der Waals surface area contributed by atoms with Crippen molar-refractivity contribution in [3.05, 3.63) is 80.9 Å². The summed E-state index contributed by atoms with van der Waals surface area (Å²) in [6, 6.07) is 14.1. The lowest BCUT2D eigenvalue weighted by atomic mass is 10.0. The first-order valence-corrected chi connectivity index (χ1v) is 12.0. The van der Waals surface area contributed by atoms with Crippen molar-refractivity contribution in [3.8, 4) is 5.75 Å². The van der Waals surface area contributed by atoms with Crippen LogP contribution in [-0.2, 0) is 25.2 Å². The molecule has 2 aromatic carbocycles. The van der Waals surface area contributed by atoms with Gasteiger partial charge in [0.1, 0.15) is 5.75 Å². The first-order chi connectivity index (χ1) is 16.7. The number of nitrogens with one attached hydrogen (secondary N) is 1. The summed E-state index contributed by atoms with van der Waals surface area (Å²) in [7, 11) is 1.66. The Morgan fingerprint density at radius 1 is 1.06 bits per heavy atom. The molecule has 0 aliphatic heterocycles. The van der Waals surface area contributed by atoms with Crippen molar-refractivity contribution in [2.45, 2.75) is 66.2 Å². The summed E-state index contributed by atoms with van der Waals surface area (Å²) in [5, 5.41) is 13.6. The van der Waals surface area contributed by atoms with Crippen LogP contribution in [0.25, 0.3) is 10.9 Å². The molecule has 1 N–H and O–H groups in total. The number of aromatic amines is 1. The summed E-state index contributed by atoms with van der Waals surface area (Å²) in [6.45, 7) is 12.1. The number of hydrogen-bond acceptors (Lipinski definition) is 6. The number of aryl methyl sites for hydroxylation is 2. The summed E-state index contributed by atoms with van der Waals surface area (Å²) >= 11 is 0. The Bertz CT molecular complexity index is 1370. The lowest BCUT2D eigenvalue weighted by molar-refractivity contribution is 0.217. The molecule has 0 aliphatic carbocycles. The summed E-state index contributed by atoms with van der Waals surface area (Å²) in [6.07, 6.45) is 0.895. The van der Waals surface area contributed by atoms with E-state index < -0.39 is 0 Å². The van der Waals surface area contributed by atoms with Gasteiger partial charge in [0.05, 0.1) is 24.7 Å². The molecule has 0 radical (unpaired) electrons. The lowest BCUT2D eigenvalue weighted by Gasteiger charge is -2.27. The van der Waals surface area contributed by atoms with Gasteiger partial charge in [-0.2, -0.15) is 0 Å². The first-order valence-electron chi connectivity index (χ1n) is 12.0. The number of pyridine rings is 1. The quantitative estimate of drug-likeness (QED) is 0.385. The molecule has 8 nitrogen and oxygen atoms in total. The van der Waals surface area contributed by atoms with Crippen LogP contribution in [0, 0.1) is 13.8 Å². The molecule has 4 rings (SSSR count). The molecule has 8 heteroatoms. The third-order valence-electron chi connectivity index (χ3n) is 6.92. The predicted octanol–water partition coefficient (Wildman–Crippen LogP) is 4.49. The van der Waals surface area contributed by atoms with Crippen LogP contribution in [0.5, 0.6) is 5.75 Å². The van der Waals surface area contributed by atoms with Crippen molar-refractivity contribution in [3.63, 3.8) is 0 Å². The Morgan fingerprint density at radius 3 is 2.49 bits per heavy atom. The molecule has 0 fully saturated rings. The monoisotopic (exact) mass is 474 g/mol. The maximum Gasteiger partial charge on any atom is 0.252 e. The van der Waals surface area contributed by atoms with Gasteiger partial charge in [0, 0.05) is 18.7 Å². The average Bonchev–Trinajstić information content (AvgIpc) is 3.32. The molecule has 0 amide bonds. The minimum absolute atomic E-state index is 0.0700. The van der Waals surface area contributed by atoms with Crippen molar-refractivity contribution < 1.29 is 4.74 Å². The van der Waals surface area contributed by atoms with Crippen molar-refractivity contribution in [2.24, 2.45) is 0 Å². The van der Waals surface area contributed by atoms with Crippen molar-refractivity contribution in [1.82, 2.24) is 30.1 Å². The standard InChI is InChI=1S/C27H34N6O2/c1-7-27(4,5)33-24(29-30-31-33)17-32(15-20-9-12-23(35-6)13-10-20)16-22-14-21-11-8-18(2)19(3)25(21)28-26(22)34/h8-14H,7,15-17H2,1-6H3,(H,28,34). The van der Waals surface area contributed by atoms with E-state index in [1.807, 2.05) is 41.9 Å². The van der Waals surface area contributed by atoms with Crippen LogP contribution in [0.2, 0.25) is 0 Å². The van der Waals surface area contributed by atoms with Gasteiger partial charge < -0.3 is 9.72 Å². The van der Waals surface area contributed by atoms with Crippen molar-refractivity contribution in [1.29, 1.82) is 0 Å². The third kappa shape index (κ3) is 5.27. The fourth-order valence-corrected chi connectivity index (χ4v) is 4.21. The van der Waals surface area contributed by atoms with Gasteiger partial charge in [0.2, 0.25) is 0 Å². The number of nitrogens with zero attached hydrogens (tertiary/aromatic N) is 5. The van der Waals surface area contributed by atoms with Crippen molar-refractivity contribution in [2.75, 3.05) is 7.11 Å². The highest BCUT2D eigenvalue weighted by Gasteiger charge is 2.25. The van der Waals surface area contributed by atoms with Gasteiger partial charge in [0.15, 0.2) is 5.82 Å². The molecule has 0 bridgehead atoms. The molecule has 0 aliphatic rings. The molecule has 0 spiro atoms. The number of tetrazole rings is 1. The molecule has 2 heterocycles. The van der Waals surface area contributed by atoms with E-state index in [0.29, 0.717) is 25.2 Å². The lowest BCUT2D eigenvalue weighted by Crippen LogP contribution is -2.32. The molecule has 0 saturated carbocycles. The van der Waals surface area contributed by atoms with E-state index in [1.54, 1.807) is 7.11 Å². The Balaban J connectivity index is 1.69. The minimum atomic E-state index is -0.208. The molecular weight excluding hydrogens is 440 g/mol. The molecule has 184 valence electrons. The van der Waals surface area contributed by atoms with E-state index in [-0.39, 0.29) is 11.1 Å². The van der Waals surface area contributed by atoms with E-state index in [4.69, 9.17) is 4.74 Å². The minimum Gasteiger partial charge on any atom is -0.497 e. The highest BCUT2D eigenvalue weighted by molar-refractivity contribution is 5.83. The second kappa shape index (κ2) is 10.00. The van der Waals surface area contributed by atoms with Crippen LogP contribution >= 0.6 is 0 Å². The Labute approximate surface area is 205 Å². The second-order valence-corrected chi connectivity index (χ2v) is 9.76. The highest BCUT2D eigenvalue weighted by Crippen LogP contribution is 2.23. The Kier molecular flexibility index (Phi) is 7.03. The Morgan fingerprint density at radius 2 is 1.80 bits per heavy atom. The summed E-state index contributed by atoms with van der Waals surface area (Å²) < 4.78 is 7.20. The van der Waals surface area contributed by atoms with Crippen molar-refractivity contribution >= 4 is 10.9 Å². The smallest absolute Gasteiger partial charge is 0.252 e. The average molecular weight is 475 g/mol. The van der Waals surface area contributed by atoms with Crippen LogP contribution in [0.3, 0.4) is 0 Å². The summed E-state index contributed by atoms with van der Waals surface area (Å²) in [5.74, 6) is 1.58. The molecule has 0 saturated heterocycles. The highest BCUT2D eigenvalue weighted by atomic mass is 16.5. The fraction of sp³-hybridized carbons (Fsp3) is 0.407. The van der Waals surface area contributed by atoms with Gasteiger partial charge in [-0.15, -0.1) is 5.10 Å². The SMILES string of the molecule is CCC(C)(C)n1nnnc1CN(Cc1ccc(OC)cc1)Cc1cc2ccc(C)c(C)c2[nH]c1=O. The zero-order valence-corrected chi connectivity index (χ0v) is 21.4. The number of aromatic nitrogens is 5. The number of hydrogen-bond donors (Lipinski definition) is 1. The van der Waals surface area contributed by atoms with Crippen LogP contribution in [0.1, 0.15) is 55.3 Å². The predicted molar refractivity (Wildman–Crippen MR) is 137 cm³/mol. The molecule has 0 atom stereocenters. The van der Waals surface area contributed by atoms with E-state index in [1.165, 1.54) is 0 Å². The topological polar surface area (TPSA) is 88.9 Å². The number of rotatable bonds is 9. The maximum absolute atomic E-state index is 13.1. The van der Waals surface area contributed by atoms with Crippen LogP contribution < -0.4 is 10.3 Å². The van der Waals surface area contributed by atoms with Crippen LogP contribution in [-0.4, -0.2) is 37.2 Å². The molecule has 0 unspecified atom stereocenters. The van der Waals surface area contributed by atoms with Crippen LogP contribution in [0.15, 0.2) is 47.3 Å². The largest absolute Gasteiger partial charge is 0.497 e. The van der Waals surface area contributed by atoms with E-state index >= 15 is 0 Å². The normalized spacial score (nSPS) is 12.0. The number of benzene rings is 2. The molecule has 2 aromatic heterocycles. The van der Waals surface area contributed by atoms with E-state index in [2.05, 4.69) is 65.2 Å². The van der Waals surface area contributed by atoms with E-state index in [0.717, 1.165) is 45.6 Å². The van der Waals surface area contributed by atoms with Gasteiger partial charge in [-0.1, -0.05) is 31.2 Å². The molecule has 4 aromatic rings. The first kappa shape index (κ1) is 24.6. The van der Waals surface area contributed by atoms with Gasteiger partial charge >= 0.3 is 0 Å². The summed E-state index contributed by atoms with van der Waals surface area (Å²) in [4.78, 5) is 18.4. The third-order valence-corrected chi connectivity index (χ3v) is 6.92. The van der Waals surface area contributed by atoms with Gasteiger partial charge in [0.25, 0.3) is 5.56 Å². The zero-order valence-electron chi connectivity index (χ0n) is 21.4. The van der Waals surface area contributed by atoms with Gasteiger partial charge in [-0.05, 0) is 84.8 Å². The number of fused-ring (bicyclic) bond motifs is 1. The molecular formula is C27H34N6O2. The second-order valence-electron chi connectivity index (χ2n) is 9.76. The van der Waals surface area contributed by atoms with Gasteiger partial charge in [-0.25, -0.2) is 4.68 Å². The molecule has 35 heavy (non-hydrogen) atoms. The summed E-state index contributed by atoms with van der Waals surface area (Å²) in [5.41, 5.74) is 4.70. The maximum atomic E-state index is 13.1. The van der Waals surface area contributed by atoms with Crippen LogP contribution in [0.4, 0.5) is 0 Å². The number of methoxy groups -OCH3 is 1.